The number of anilines is 2. The van der Waals surface area contributed by atoms with Crippen LogP contribution in [0.4, 0.5) is 11.4 Å². The van der Waals surface area contributed by atoms with Gasteiger partial charge in [0.1, 0.15) is 12.4 Å². The van der Waals surface area contributed by atoms with Gasteiger partial charge in [-0.2, -0.15) is 0 Å². The van der Waals surface area contributed by atoms with Crippen LogP contribution in [0.3, 0.4) is 0 Å². The van der Waals surface area contributed by atoms with Crippen molar-refractivity contribution in [2.24, 2.45) is 0 Å². The molecule has 2 aromatic carbocycles. The summed E-state index contributed by atoms with van der Waals surface area (Å²) in [6.45, 7) is 3.83. The third kappa shape index (κ3) is 8.53. The Morgan fingerprint density at radius 1 is 1.00 bits per heavy atom. The van der Waals surface area contributed by atoms with Crippen LogP contribution in [0.1, 0.15) is 18.9 Å². The molecule has 0 aliphatic heterocycles. The quantitative estimate of drug-likeness (QED) is 0.523. The van der Waals surface area contributed by atoms with Gasteiger partial charge in [0.2, 0.25) is 11.8 Å². The summed E-state index contributed by atoms with van der Waals surface area (Å²) in [4.78, 5) is 25.6. The fourth-order valence-electron chi connectivity index (χ4n) is 2.70. The first kappa shape index (κ1) is 23.2. The fraction of sp³-hybridized carbons (Fsp3) is 0.391. The number of ether oxygens (including phenoxy) is 2. The smallest absolute Gasteiger partial charge is 0.243 e. The molecule has 2 amide bonds. The molecule has 2 N–H and O–H groups in total. The van der Waals surface area contributed by atoms with Crippen LogP contribution in [-0.2, 0) is 20.7 Å². The molecule has 2 rings (SSSR count). The second kappa shape index (κ2) is 12.5. The predicted molar refractivity (Wildman–Crippen MR) is 119 cm³/mol. The third-order valence-electron chi connectivity index (χ3n) is 4.34. The standard InChI is InChI=1S/C23H31N3O4/c1-4-29-14-15-30-21-11-9-19(10-12-21)24-17-22(27)25-20-7-5-6-18(16-20)8-13-23(28)26(2)3/h5-7,9-12,16,24H,4,8,13-15,17H2,1-3H3,(H,25,27). The largest absolute Gasteiger partial charge is 0.491 e. The van der Waals surface area contributed by atoms with Crippen LogP contribution >= 0.6 is 0 Å². The van der Waals surface area contributed by atoms with E-state index < -0.39 is 0 Å². The average molecular weight is 414 g/mol. The Hall–Kier alpha value is -3.06. The molecular formula is C23H31N3O4. The number of aryl methyl sites for hydroxylation is 1. The van der Waals surface area contributed by atoms with E-state index in [2.05, 4.69) is 10.6 Å². The molecule has 0 spiro atoms. The Bertz CT molecular complexity index is 806. The molecule has 0 saturated heterocycles. The van der Waals surface area contributed by atoms with Crippen LogP contribution in [-0.4, -0.2) is 57.2 Å². The molecule has 0 radical (unpaired) electrons. The first-order chi connectivity index (χ1) is 14.5. The summed E-state index contributed by atoms with van der Waals surface area (Å²) < 4.78 is 10.8. The van der Waals surface area contributed by atoms with Gasteiger partial charge in [0, 0.05) is 38.5 Å². The molecule has 30 heavy (non-hydrogen) atoms. The van der Waals surface area contributed by atoms with E-state index in [1.165, 1.54) is 0 Å². The zero-order valence-electron chi connectivity index (χ0n) is 17.9. The van der Waals surface area contributed by atoms with Crippen molar-refractivity contribution in [3.8, 4) is 5.75 Å². The van der Waals surface area contributed by atoms with Gasteiger partial charge >= 0.3 is 0 Å². The fourth-order valence-corrected chi connectivity index (χ4v) is 2.70. The zero-order chi connectivity index (χ0) is 21.8. The van der Waals surface area contributed by atoms with Gasteiger partial charge in [-0.1, -0.05) is 12.1 Å². The van der Waals surface area contributed by atoms with Crippen molar-refractivity contribution in [3.63, 3.8) is 0 Å². The van der Waals surface area contributed by atoms with E-state index in [1.54, 1.807) is 19.0 Å². The summed E-state index contributed by atoms with van der Waals surface area (Å²) in [5, 5.41) is 5.97. The number of nitrogens with one attached hydrogen (secondary N) is 2. The number of amides is 2. The predicted octanol–water partition coefficient (Wildman–Crippen LogP) is 3.17. The summed E-state index contributed by atoms with van der Waals surface area (Å²) in [6.07, 6.45) is 1.08. The van der Waals surface area contributed by atoms with Crippen LogP contribution < -0.4 is 15.4 Å². The molecule has 2 aromatic rings. The molecule has 0 unspecified atom stereocenters. The second-order valence-corrected chi connectivity index (χ2v) is 6.96. The van der Waals surface area contributed by atoms with E-state index in [4.69, 9.17) is 9.47 Å². The van der Waals surface area contributed by atoms with Crippen molar-refractivity contribution >= 4 is 23.2 Å². The monoisotopic (exact) mass is 413 g/mol. The summed E-state index contributed by atoms with van der Waals surface area (Å²) >= 11 is 0. The Kier molecular flexibility index (Phi) is 9.67. The Balaban J connectivity index is 1.76. The molecule has 7 heteroatoms. The number of hydrogen-bond donors (Lipinski definition) is 2. The highest BCUT2D eigenvalue weighted by Gasteiger charge is 2.07. The van der Waals surface area contributed by atoms with Crippen LogP contribution in [0.2, 0.25) is 0 Å². The topological polar surface area (TPSA) is 79.9 Å². The molecule has 0 aromatic heterocycles. The normalized spacial score (nSPS) is 10.4. The van der Waals surface area contributed by atoms with E-state index in [-0.39, 0.29) is 18.4 Å². The highest BCUT2D eigenvalue weighted by molar-refractivity contribution is 5.93. The summed E-state index contributed by atoms with van der Waals surface area (Å²) in [5.41, 5.74) is 2.56. The molecule has 7 nitrogen and oxygen atoms in total. The van der Waals surface area contributed by atoms with Gasteiger partial charge in [0.05, 0.1) is 13.2 Å². The van der Waals surface area contributed by atoms with Crippen LogP contribution in [0.5, 0.6) is 5.75 Å². The van der Waals surface area contributed by atoms with Crippen molar-refractivity contribution in [2.75, 3.05) is 51.1 Å². The molecule has 0 heterocycles. The maximum Gasteiger partial charge on any atom is 0.243 e. The molecule has 0 bridgehead atoms. The van der Waals surface area contributed by atoms with E-state index in [9.17, 15) is 9.59 Å². The number of benzene rings is 2. The SMILES string of the molecule is CCOCCOc1ccc(NCC(=O)Nc2cccc(CCC(=O)N(C)C)c2)cc1. The van der Waals surface area contributed by atoms with Gasteiger partial charge in [0.15, 0.2) is 0 Å². The first-order valence-corrected chi connectivity index (χ1v) is 10.1. The number of hydrogen-bond acceptors (Lipinski definition) is 5. The zero-order valence-corrected chi connectivity index (χ0v) is 17.9. The average Bonchev–Trinajstić information content (AvgIpc) is 2.74. The van der Waals surface area contributed by atoms with E-state index in [1.807, 2.05) is 55.5 Å². The first-order valence-electron chi connectivity index (χ1n) is 10.1. The van der Waals surface area contributed by atoms with Crippen LogP contribution in [0, 0.1) is 0 Å². The van der Waals surface area contributed by atoms with E-state index in [0.29, 0.717) is 32.7 Å². The lowest BCUT2D eigenvalue weighted by Gasteiger charge is -2.11. The second-order valence-electron chi connectivity index (χ2n) is 6.96. The molecule has 0 atom stereocenters. The molecule has 0 saturated carbocycles. The van der Waals surface area contributed by atoms with Gasteiger partial charge in [0.25, 0.3) is 0 Å². The van der Waals surface area contributed by atoms with Gasteiger partial charge in [-0.05, 0) is 55.3 Å². The molecule has 0 aliphatic rings. The van der Waals surface area contributed by atoms with Crippen LogP contribution in [0.25, 0.3) is 0 Å². The van der Waals surface area contributed by atoms with Crippen molar-refractivity contribution in [1.29, 1.82) is 0 Å². The van der Waals surface area contributed by atoms with Crippen LogP contribution in [0.15, 0.2) is 48.5 Å². The lowest BCUT2D eigenvalue weighted by Crippen LogP contribution is -2.22. The van der Waals surface area contributed by atoms with Crippen molar-refractivity contribution in [2.45, 2.75) is 19.8 Å². The van der Waals surface area contributed by atoms with Crippen molar-refractivity contribution < 1.29 is 19.1 Å². The van der Waals surface area contributed by atoms with E-state index in [0.717, 1.165) is 22.7 Å². The Morgan fingerprint density at radius 3 is 2.47 bits per heavy atom. The van der Waals surface area contributed by atoms with Crippen molar-refractivity contribution in [3.05, 3.63) is 54.1 Å². The summed E-state index contributed by atoms with van der Waals surface area (Å²) in [6, 6.07) is 15.0. The maximum absolute atomic E-state index is 12.2. The highest BCUT2D eigenvalue weighted by atomic mass is 16.5. The van der Waals surface area contributed by atoms with Gasteiger partial charge in [-0.15, -0.1) is 0 Å². The third-order valence-corrected chi connectivity index (χ3v) is 4.34. The van der Waals surface area contributed by atoms with Gasteiger partial charge in [-0.3, -0.25) is 9.59 Å². The molecule has 162 valence electrons. The minimum absolute atomic E-state index is 0.0827. The molecule has 0 fully saturated rings. The highest BCUT2D eigenvalue weighted by Crippen LogP contribution is 2.16. The van der Waals surface area contributed by atoms with E-state index >= 15 is 0 Å². The summed E-state index contributed by atoms with van der Waals surface area (Å²) in [7, 11) is 3.49. The summed E-state index contributed by atoms with van der Waals surface area (Å²) in [5.74, 6) is 0.696. The number of rotatable bonds is 12. The lowest BCUT2D eigenvalue weighted by molar-refractivity contribution is -0.128. The van der Waals surface area contributed by atoms with Gasteiger partial charge in [-0.25, -0.2) is 0 Å². The van der Waals surface area contributed by atoms with Crippen molar-refractivity contribution in [1.82, 2.24) is 4.90 Å². The Labute approximate surface area is 178 Å². The minimum atomic E-state index is -0.145. The number of nitrogens with zero attached hydrogens (tertiary/aromatic N) is 1. The maximum atomic E-state index is 12.2. The molecule has 0 aliphatic carbocycles. The van der Waals surface area contributed by atoms with Gasteiger partial charge < -0.3 is 25.0 Å². The minimum Gasteiger partial charge on any atom is -0.491 e. The lowest BCUT2D eigenvalue weighted by atomic mass is 10.1. The number of carbonyl (C=O) groups excluding carboxylic acids is 2. The molecular weight excluding hydrogens is 382 g/mol. The number of carbonyl (C=O) groups is 2. The Morgan fingerprint density at radius 2 is 1.77 bits per heavy atom.